The molecule has 5 heteroatoms. The van der Waals surface area contributed by atoms with Gasteiger partial charge in [0.25, 0.3) is 0 Å². The van der Waals surface area contributed by atoms with Crippen LogP contribution in [-0.2, 0) is 0 Å². The average Bonchev–Trinajstić information content (AvgIpc) is 3.21. The Morgan fingerprint density at radius 3 is 2.70 bits per heavy atom. The number of H-pyrrole nitrogens is 1. The summed E-state index contributed by atoms with van der Waals surface area (Å²) in [7, 11) is 0. The van der Waals surface area contributed by atoms with Gasteiger partial charge in [-0.1, -0.05) is 35.0 Å². The summed E-state index contributed by atoms with van der Waals surface area (Å²) in [6.45, 7) is 2.07. The van der Waals surface area contributed by atoms with Crippen molar-refractivity contribution in [1.82, 2.24) is 20.0 Å². The van der Waals surface area contributed by atoms with Gasteiger partial charge in [0.1, 0.15) is 11.8 Å². The summed E-state index contributed by atoms with van der Waals surface area (Å²) in [5.74, 6) is 0. The van der Waals surface area contributed by atoms with Crippen molar-refractivity contribution < 1.29 is 0 Å². The molecule has 0 radical (unpaired) electrons. The molecule has 0 fully saturated rings. The predicted molar refractivity (Wildman–Crippen MR) is 88.1 cm³/mol. The Balaban J connectivity index is 1.90. The molecule has 23 heavy (non-hydrogen) atoms. The van der Waals surface area contributed by atoms with Gasteiger partial charge in [0.15, 0.2) is 5.69 Å². The number of benzene rings is 2. The van der Waals surface area contributed by atoms with Gasteiger partial charge in [-0.15, -0.1) is 5.10 Å². The quantitative estimate of drug-likeness (QED) is 0.615. The Bertz CT molecular complexity index is 1030. The van der Waals surface area contributed by atoms with E-state index < -0.39 is 0 Å². The number of nitrogens with zero attached hydrogens (tertiary/aromatic N) is 4. The monoisotopic (exact) mass is 299 g/mol. The highest BCUT2D eigenvalue weighted by molar-refractivity contribution is 5.86. The number of rotatable bonds is 2. The molecule has 0 saturated heterocycles. The van der Waals surface area contributed by atoms with E-state index in [1.54, 1.807) is 0 Å². The van der Waals surface area contributed by atoms with Crippen molar-refractivity contribution in [2.45, 2.75) is 6.92 Å². The molecular weight excluding hydrogens is 286 g/mol. The molecule has 0 amide bonds. The molecule has 0 aliphatic carbocycles. The maximum atomic E-state index is 9.13. The minimum atomic E-state index is 0.373. The number of hydrogen-bond donors (Lipinski definition) is 1. The maximum Gasteiger partial charge on any atom is 0.163 e. The van der Waals surface area contributed by atoms with E-state index in [1.165, 1.54) is 5.56 Å². The summed E-state index contributed by atoms with van der Waals surface area (Å²) in [4.78, 5) is 0. The predicted octanol–water partition coefficient (Wildman–Crippen LogP) is 3.60. The standard InChI is InChI=1S/C18H13N5/c1-12-2-6-15(7-3-12)23-9-8-13-4-5-14(10-17(13)23)18-16(11-19)20-22-21-18/h2-10H,1H3,(H,20,21,22). The van der Waals surface area contributed by atoms with E-state index >= 15 is 0 Å². The Hall–Kier alpha value is -3.39. The maximum absolute atomic E-state index is 9.13. The highest BCUT2D eigenvalue weighted by atomic mass is 15.3. The molecule has 4 rings (SSSR count). The van der Waals surface area contributed by atoms with Gasteiger partial charge >= 0.3 is 0 Å². The van der Waals surface area contributed by atoms with Crippen molar-refractivity contribution in [3.8, 4) is 23.0 Å². The number of fused-ring (bicyclic) bond motifs is 1. The molecule has 0 spiro atoms. The van der Waals surface area contributed by atoms with Crippen molar-refractivity contribution in [1.29, 1.82) is 5.26 Å². The van der Waals surface area contributed by atoms with Gasteiger partial charge in [-0.2, -0.15) is 5.26 Å². The number of aryl methyl sites for hydroxylation is 1. The van der Waals surface area contributed by atoms with Crippen LogP contribution in [0.4, 0.5) is 0 Å². The number of hydrogen-bond acceptors (Lipinski definition) is 3. The first kappa shape index (κ1) is 13.3. The van der Waals surface area contributed by atoms with E-state index in [2.05, 4.69) is 63.3 Å². The molecule has 0 aliphatic heterocycles. The second kappa shape index (κ2) is 5.11. The molecule has 0 atom stereocenters. The molecule has 0 aliphatic rings. The minimum absolute atomic E-state index is 0.373. The van der Waals surface area contributed by atoms with Crippen LogP contribution in [0.5, 0.6) is 0 Å². The van der Waals surface area contributed by atoms with Crippen LogP contribution in [-0.4, -0.2) is 20.0 Å². The summed E-state index contributed by atoms with van der Waals surface area (Å²) in [6, 6.07) is 18.6. The van der Waals surface area contributed by atoms with Gasteiger partial charge in [-0.3, -0.25) is 0 Å². The minimum Gasteiger partial charge on any atom is -0.317 e. The summed E-state index contributed by atoms with van der Waals surface area (Å²) in [5, 5.41) is 20.6. The molecule has 0 bridgehead atoms. The van der Waals surface area contributed by atoms with Crippen molar-refractivity contribution >= 4 is 10.9 Å². The summed E-state index contributed by atoms with van der Waals surface area (Å²) < 4.78 is 2.13. The molecule has 4 aromatic rings. The van der Waals surface area contributed by atoms with Gasteiger partial charge < -0.3 is 4.57 Å². The van der Waals surface area contributed by atoms with Gasteiger partial charge in [-0.05, 0) is 36.6 Å². The second-order valence-corrected chi connectivity index (χ2v) is 5.44. The number of aromatic amines is 1. The molecule has 0 saturated carbocycles. The van der Waals surface area contributed by atoms with Crippen LogP contribution in [0.15, 0.2) is 54.7 Å². The summed E-state index contributed by atoms with van der Waals surface area (Å²) in [6.07, 6.45) is 2.05. The fourth-order valence-electron chi connectivity index (χ4n) is 2.71. The zero-order chi connectivity index (χ0) is 15.8. The SMILES string of the molecule is Cc1ccc(-n2ccc3ccc(-c4nn[nH]c4C#N)cc32)cc1. The van der Waals surface area contributed by atoms with Crippen LogP contribution < -0.4 is 0 Å². The normalized spacial score (nSPS) is 10.8. The van der Waals surface area contributed by atoms with Crippen molar-refractivity contribution in [3.63, 3.8) is 0 Å². The summed E-state index contributed by atoms with van der Waals surface area (Å²) in [5.41, 5.74) is 5.22. The Morgan fingerprint density at radius 1 is 1.09 bits per heavy atom. The van der Waals surface area contributed by atoms with Crippen LogP contribution in [0.25, 0.3) is 27.8 Å². The lowest BCUT2D eigenvalue weighted by molar-refractivity contribution is 0.937. The largest absolute Gasteiger partial charge is 0.317 e. The Labute approximate surface area is 132 Å². The smallest absolute Gasteiger partial charge is 0.163 e. The van der Waals surface area contributed by atoms with Gasteiger partial charge in [0.2, 0.25) is 0 Å². The second-order valence-electron chi connectivity index (χ2n) is 5.44. The summed E-state index contributed by atoms with van der Waals surface area (Å²) >= 11 is 0. The Morgan fingerprint density at radius 2 is 1.91 bits per heavy atom. The van der Waals surface area contributed by atoms with E-state index in [0.717, 1.165) is 22.2 Å². The van der Waals surface area contributed by atoms with Crippen LogP contribution in [0.2, 0.25) is 0 Å². The van der Waals surface area contributed by atoms with Crippen LogP contribution in [0.1, 0.15) is 11.3 Å². The van der Waals surface area contributed by atoms with Crippen LogP contribution in [0, 0.1) is 18.3 Å². The van der Waals surface area contributed by atoms with Gasteiger partial charge in [-0.25, -0.2) is 5.10 Å². The molecule has 2 aromatic carbocycles. The molecule has 2 heterocycles. The first-order valence-corrected chi connectivity index (χ1v) is 7.26. The lowest BCUT2D eigenvalue weighted by Crippen LogP contribution is -1.92. The zero-order valence-electron chi connectivity index (χ0n) is 12.5. The van der Waals surface area contributed by atoms with Crippen molar-refractivity contribution in [3.05, 3.63) is 66.0 Å². The fraction of sp³-hybridized carbons (Fsp3) is 0.0556. The lowest BCUT2D eigenvalue weighted by Gasteiger charge is -2.07. The van der Waals surface area contributed by atoms with E-state index in [1.807, 2.05) is 24.4 Å². The topological polar surface area (TPSA) is 70.3 Å². The first-order valence-electron chi connectivity index (χ1n) is 7.26. The third-order valence-electron chi connectivity index (χ3n) is 3.94. The molecule has 5 nitrogen and oxygen atoms in total. The number of nitriles is 1. The van der Waals surface area contributed by atoms with Gasteiger partial charge in [0.05, 0.1) is 5.52 Å². The van der Waals surface area contributed by atoms with Crippen LogP contribution in [0.3, 0.4) is 0 Å². The molecule has 1 N–H and O–H groups in total. The highest BCUT2D eigenvalue weighted by Gasteiger charge is 2.11. The third-order valence-corrected chi connectivity index (χ3v) is 3.94. The average molecular weight is 299 g/mol. The van der Waals surface area contributed by atoms with E-state index in [-0.39, 0.29) is 0 Å². The number of aromatic nitrogens is 4. The lowest BCUT2D eigenvalue weighted by atomic mass is 10.1. The van der Waals surface area contributed by atoms with Crippen LogP contribution >= 0.6 is 0 Å². The van der Waals surface area contributed by atoms with E-state index in [0.29, 0.717) is 11.4 Å². The molecule has 0 unspecified atom stereocenters. The zero-order valence-corrected chi connectivity index (χ0v) is 12.5. The van der Waals surface area contributed by atoms with Crippen molar-refractivity contribution in [2.24, 2.45) is 0 Å². The van der Waals surface area contributed by atoms with Crippen molar-refractivity contribution in [2.75, 3.05) is 0 Å². The molecule has 110 valence electrons. The fourth-order valence-corrected chi connectivity index (χ4v) is 2.71. The number of nitrogens with one attached hydrogen (secondary N) is 1. The Kier molecular flexibility index (Phi) is 2.95. The molecular formula is C18H13N5. The van der Waals surface area contributed by atoms with E-state index in [9.17, 15) is 0 Å². The molecule has 2 aromatic heterocycles. The highest BCUT2D eigenvalue weighted by Crippen LogP contribution is 2.27. The van der Waals surface area contributed by atoms with Gasteiger partial charge in [0, 0.05) is 17.4 Å². The first-order chi connectivity index (χ1) is 11.3. The third kappa shape index (κ3) is 2.17. The van der Waals surface area contributed by atoms with E-state index in [4.69, 9.17) is 5.26 Å².